The van der Waals surface area contributed by atoms with E-state index in [4.69, 9.17) is 9.47 Å². The Labute approximate surface area is 108 Å². The number of hydrogen-bond donors (Lipinski definition) is 0. The van der Waals surface area contributed by atoms with Crippen molar-refractivity contribution >= 4 is 12.1 Å². The van der Waals surface area contributed by atoms with Crippen LogP contribution in [0.5, 0.6) is 0 Å². The van der Waals surface area contributed by atoms with E-state index in [9.17, 15) is 9.59 Å². The van der Waals surface area contributed by atoms with Crippen molar-refractivity contribution in [1.29, 1.82) is 0 Å². The van der Waals surface area contributed by atoms with Gasteiger partial charge in [-0.25, -0.2) is 4.79 Å². The van der Waals surface area contributed by atoms with Gasteiger partial charge in [0.2, 0.25) is 0 Å². The molecular weight excluding hydrogens is 234 g/mol. The average Bonchev–Trinajstić information content (AvgIpc) is 2.61. The maximum atomic E-state index is 11.8. The Kier molecular flexibility index (Phi) is 4.59. The van der Waals surface area contributed by atoms with E-state index in [1.807, 2.05) is 34.6 Å². The lowest BCUT2D eigenvalue weighted by molar-refractivity contribution is -0.151. The second-order valence-corrected chi connectivity index (χ2v) is 5.90. The summed E-state index contributed by atoms with van der Waals surface area (Å²) >= 11 is 0. The lowest BCUT2D eigenvalue weighted by Crippen LogP contribution is -2.36. The third kappa shape index (κ3) is 4.55. The van der Waals surface area contributed by atoms with Crippen molar-refractivity contribution in [1.82, 2.24) is 4.90 Å². The smallest absolute Gasteiger partial charge is 0.410 e. The van der Waals surface area contributed by atoms with Crippen molar-refractivity contribution in [2.24, 2.45) is 5.92 Å². The third-order valence-corrected chi connectivity index (χ3v) is 2.53. The van der Waals surface area contributed by atoms with Gasteiger partial charge < -0.3 is 14.4 Å². The number of carbonyl (C=O) groups excluding carboxylic acids is 2. The van der Waals surface area contributed by atoms with Gasteiger partial charge in [-0.3, -0.25) is 4.79 Å². The van der Waals surface area contributed by atoms with Gasteiger partial charge in [-0.05, 0) is 41.0 Å². The molecule has 0 aromatic heterocycles. The van der Waals surface area contributed by atoms with Crippen LogP contribution in [0.4, 0.5) is 4.79 Å². The summed E-state index contributed by atoms with van der Waals surface area (Å²) in [7, 11) is 0. The summed E-state index contributed by atoms with van der Waals surface area (Å²) in [6.07, 6.45) is 0.167. The number of likely N-dealkylation sites (tertiary alicyclic amines) is 1. The molecule has 1 atom stereocenters. The van der Waals surface area contributed by atoms with E-state index < -0.39 is 5.60 Å². The van der Waals surface area contributed by atoms with Crippen LogP contribution in [0.25, 0.3) is 0 Å². The van der Waals surface area contributed by atoms with Crippen molar-refractivity contribution in [2.75, 3.05) is 13.1 Å². The maximum absolute atomic E-state index is 11.8. The summed E-state index contributed by atoms with van der Waals surface area (Å²) in [5.41, 5.74) is -0.506. The molecule has 0 bridgehead atoms. The van der Waals surface area contributed by atoms with Gasteiger partial charge in [0, 0.05) is 13.1 Å². The Morgan fingerprint density at radius 2 is 1.89 bits per heavy atom. The van der Waals surface area contributed by atoms with E-state index in [-0.39, 0.29) is 24.1 Å². The molecule has 5 nitrogen and oxygen atoms in total. The van der Waals surface area contributed by atoms with E-state index in [1.165, 1.54) is 0 Å². The minimum absolute atomic E-state index is 0.118. The number of rotatable bonds is 2. The molecule has 0 N–H and O–H groups in total. The summed E-state index contributed by atoms with van der Waals surface area (Å²) in [5, 5.41) is 0. The maximum Gasteiger partial charge on any atom is 0.410 e. The first kappa shape index (κ1) is 14.8. The lowest BCUT2D eigenvalue weighted by Gasteiger charge is -2.24. The van der Waals surface area contributed by atoms with Crippen molar-refractivity contribution in [3.8, 4) is 0 Å². The average molecular weight is 257 g/mol. The van der Waals surface area contributed by atoms with E-state index in [2.05, 4.69) is 0 Å². The second kappa shape index (κ2) is 5.59. The summed E-state index contributed by atoms with van der Waals surface area (Å²) in [6, 6.07) is 0. The minimum Gasteiger partial charge on any atom is -0.463 e. The molecule has 1 heterocycles. The third-order valence-electron chi connectivity index (χ3n) is 2.53. The van der Waals surface area contributed by atoms with Crippen LogP contribution in [0.1, 0.15) is 41.0 Å². The van der Waals surface area contributed by atoms with Gasteiger partial charge >= 0.3 is 12.1 Å². The van der Waals surface area contributed by atoms with Crippen molar-refractivity contribution in [2.45, 2.75) is 52.7 Å². The molecular formula is C13H23NO4. The molecule has 1 unspecified atom stereocenters. The van der Waals surface area contributed by atoms with E-state index in [1.54, 1.807) is 4.90 Å². The van der Waals surface area contributed by atoms with Gasteiger partial charge in [0.05, 0.1) is 12.0 Å². The fourth-order valence-electron chi connectivity index (χ4n) is 1.77. The number of carbonyl (C=O) groups is 2. The Morgan fingerprint density at radius 3 is 2.39 bits per heavy atom. The van der Waals surface area contributed by atoms with Crippen LogP contribution < -0.4 is 0 Å². The standard InChI is InChI=1S/C13H23NO4/c1-9(2)17-11(15)10-6-7-14(8-10)12(16)18-13(3,4)5/h9-10H,6-8H2,1-5H3. The predicted octanol–water partition coefficient (Wildman–Crippen LogP) is 2.20. The molecule has 104 valence electrons. The molecule has 0 aliphatic carbocycles. The van der Waals surface area contributed by atoms with Gasteiger partial charge in [0.25, 0.3) is 0 Å². The molecule has 1 aliphatic rings. The summed E-state index contributed by atoms with van der Waals surface area (Å²) < 4.78 is 10.4. The second-order valence-electron chi connectivity index (χ2n) is 5.90. The molecule has 0 spiro atoms. The Morgan fingerprint density at radius 1 is 1.28 bits per heavy atom. The first-order valence-electron chi connectivity index (χ1n) is 6.37. The highest BCUT2D eigenvalue weighted by atomic mass is 16.6. The van der Waals surface area contributed by atoms with Crippen LogP contribution in [-0.2, 0) is 14.3 Å². The van der Waals surface area contributed by atoms with Crippen LogP contribution in [-0.4, -0.2) is 41.8 Å². The summed E-state index contributed by atoms with van der Waals surface area (Å²) in [6.45, 7) is 10.0. The molecule has 1 rings (SSSR count). The molecule has 0 saturated carbocycles. The highest BCUT2D eigenvalue weighted by Crippen LogP contribution is 2.20. The van der Waals surface area contributed by atoms with Crippen molar-refractivity contribution < 1.29 is 19.1 Å². The zero-order chi connectivity index (χ0) is 13.9. The van der Waals surface area contributed by atoms with Gasteiger partial charge in [-0.1, -0.05) is 0 Å². The van der Waals surface area contributed by atoms with Crippen LogP contribution >= 0.6 is 0 Å². The van der Waals surface area contributed by atoms with Gasteiger partial charge in [0.15, 0.2) is 0 Å². The summed E-state index contributed by atoms with van der Waals surface area (Å²) in [4.78, 5) is 25.1. The number of amides is 1. The molecule has 1 fully saturated rings. The monoisotopic (exact) mass is 257 g/mol. The van der Waals surface area contributed by atoms with E-state index >= 15 is 0 Å². The van der Waals surface area contributed by atoms with Crippen molar-refractivity contribution in [3.63, 3.8) is 0 Å². The topological polar surface area (TPSA) is 55.8 Å². The molecule has 18 heavy (non-hydrogen) atoms. The minimum atomic E-state index is -0.506. The highest BCUT2D eigenvalue weighted by Gasteiger charge is 2.34. The molecule has 0 aromatic rings. The number of esters is 1. The first-order chi connectivity index (χ1) is 8.19. The summed E-state index contributed by atoms with van der Waals surface area (Å²) in [5.74, 6) is -0.448. The van der Waals surface area contributed by atoms with Crippen LogP contribution in [0.15, 0.2) is 0 Å². The fourth-order valence-corrected chi connectivity index (χ4v) is 1.77. The zero-order valence-electron chi connectivity index (χ0n) is 11.9. The molecule has 1 saturated heterocycles. The van der Waals surface area contributed by atoms with Gasteiger partial charge in [-0.2, -0.15) is 0 Å². The van der Waals surface area contributed by atoms with Crippen LogP contribution in [0.2, 0.25) is 0 Å². The van der Waals surface area contributed by atoms with Crippen molar-refractivity contribution in [3.05, 3.63) is 0 Å². The fraction of sp³-hybridized carbons (Fsp3) is 0.846. The Bertz CT molecular complexity index is 319. The largest absolute Gasteiger partial charge is 0.463 e. The van der Waals surface area contributed by atoms with E-state index in [0.29, 0.717) is 19.5 Å². The molecule has 0 aromatic carbocycles. The molecule has 5 heteroatoms. The van der Waals surface area contributed by atoms with Gasteiger partial charge in [-0.15, -0.1) is 0 Å². The highest BCUT2D eigenvalue weighted by molar-refractivity contribution is 5.75. The number of hydrogen-bond acceptors (Lipinski definition) is 4. The Balaban J connectivity index is 2.46. The lowest BCUT2D eigenvalue weighted by atomic mass is 10.1. The normalized spacial score (nSPS) is 20.1. The zero-order valence-corrected chi connectivity index (χ0v) is 11.9. The predicted molar refractivity (Wildman–Crippen MR) is 67.1 cm³/mol. The van der Waals surface area contributed by atoms with E-state index in [0.717, 1.165) is 0 Å². The Hall–Kier alpha value is -1.26. The molecule has 0 radical (unpaired) electrons. The number of nitrogens with zero attached hydrogens (tertiary/aromatic N) is 1. The first-order valence-corrected chi connectivity index (χ1v) is 6.37. The van der Waals surface area contributed by atoms with Crippen LogP contribution in [0.3, 0.4) is 0 Å². The van der Waals surface area contributed by atoms with Crippen LogP contribution in [0, 0.1) is 5.92 Å². The number of ether oxygens (including phenoxy) is 2. The molecule has 1 amide bonds. The SMILES string of the molecule is CC(C)OC(=O)C1CCN(C(=O)OC(C)(C)C)C1. The van der Waals surface area contributed by atoms with Gasteiger partial charge in [0.1, 0.15) is 5.60 Å². The quantitative estimate of drug-likeness (QED) is 0.712. The molecule has 1 aliphatic heterocycles.